The standard InChI is InChI=1S/C32H25FN2O5/c1-2-37-29-16-22(10-15-27(29)38-19-20-8-11-23(33)12-9-20)30-25-14-13-24(17-28(25)40-31(35)26(30)18-34)39-32(36)21-6-4-3-5-7-21/h3-17,30H,2,19,35H2,1H3. The Morgan fingerprint density at radius 3 is 2.48 bits per heavy atom. The van der Waals surface area contributed by atoms with Crippen LogP contribution in [-0.2, 0) is 6.61 Å². The number of nitriles is 1. The minimum atomic E-state index is -0.557. The predicted octanol–water partition coefficient (Wildman–Crippen LogP) is 6.24. The van der Waals surface area contributed by atoms with Crippen LogP contribution >= 0.6 is 0 Å². The molecule has 4 aromatic carbocycles. The van der Waals surface area contributed by atoms with E-state index in [2.05, 4.69) is 6.07 Å². The molecule has 0 amide bonds. The van der Waals surface area contributed by atoms with Crippen LogP contribution < -0.4 is 24.7 Å². The lowest BCUT2D eigenvalue weighted by atomic mass is 9.83. The van der Waals surface area contributed by atoms with Gasteiger partial charge in [0.05, 0.1) is 18.1 Å². The molecule has 0 spiro atoms. The number of allylic oxidation sites excluding steroid dienone is 1. The summed E-state index contributed by atoms with van der Waals surface area (Å²) in [5, 5.41) is 9.96. The van der Waals surface area contributed by atoms with Crippen LogP contribution in [0.15, 0.2) is 102 Å². The van der Waals surface area contributed by atoms with Crippen LogP contribution in [-0.4, -0.2) is 12.6 Å². The van der Waals surface area contributed by atoms with Crippen molar-refractivity contribution in [3.63, 3.8) is 0 Å². The van der Waals surface area contributed by atoms with Crippen molar-refractivity contribution in [2.45, 2.75) is 19.4 Å². The van der Waals surface area contributed by atoms with Gasteiger partial charge >= 0.3 is 5.97 Å². The van der Waals surface area contributed by atoms with Gasteiger partial charge in [0.2, 0.25) is 5.88 Å². The Morgan fingerprint density at radius 1 is 0.975 bits per heavy atom. The number of nitrogens with two attached hydrogens (primary N) is 1. The number of rotatable bonds is 8. The summed E-state index contributed by atoms with van der Waals surface area (Å²) in [5.74, 6) is 0.210. The van der Waals surface area contributed by atoms with Gasteiger partial charge in [0.1, 0.15) is 35.6 Å². The average Bonchev–Trinajstić information content (AvgIpc) is 2.97. The highest BCUT2D eigenvalue weighted by Gasteiger charge is 2.32. The number of nitrogens with zero attached hydrogens (tertiary/aromatic N) is 1. The highest BCUT2D eigenvalue weighted by molar-refractivity contribution is 5.91. The van der Waals surface area contributed by atoms with Gasteiger partial charge in [0, 0.05) is 11.6 Å². The van der Waals surface area contributed by atoms with Crippen molar-refractivity contribution in [2.75, 3.05) is 6.61 Å². The van der Waals surface area contributed by atoms with Crippen molar-refractivity contribution in [1.29, 1.82) is 5.26 Å². The maximum Gasteiger partial charge on any atom is 0.343 e. The van der Waals surface area contributed by atoms with Crippen LogP contribution in [0.5, 0.6) is 23.0 Å². The summed E-state index contributed by atoms with van der Waals surface area (Å²) in [4.78, 5) is 12.5. The number of ether oxygens (including phenoxy) is 4. The van der Waals surface area contributed by atoms with Crippen molar-refractivity contribution in [1.82, 2.24) is 0 Å². The number of halogens is 1. The van der Waals surface area contributed by atoms with Gasteiger partial charge in [-0.1, -0.05) is 42.5 Å². The van der Waals surface area contributed by atoms with Crippen LogP contribution in [0.2, 0.25) is 0 Å². The zero-order valence-corrected chi connectivity index (χ0v) is 21.6. The normalized spacial score (nSPS) is 14.0. The van der Waals surface area contributed by atoms with E-state index < -0.39 is 11.9 Å². The fraction of sp³-hybridized carbons (Fsp3) is 0.125. The van der Waals surface area contributed by atoms with Crippen LogP contribution in [0, 0.1) is 17.1 Å². The second-order valence-corrected chi connectivity index (χ2v) is 8.93. The third-order valence-electron chi connectivity index (χ3n) is 6.32. The Bertz CT molecular complexity index is 1610. The third-order valence-corrected chi connectivity index (χ3v) is 6.32. The molecule has 0 aliphatic carbocycles. The number of fused-ring (bicyclic) bond motifs is 1. The van der Waals surface area contributed by atoms with E-state index in [1.165, 1.54) is 12.1 Å². The van der Waals surface area contributed by atoms with E-state index in [-0.39, 0.29) is 29.6 Å². The maximum absolute atomic E-state index is 13.3. The van der Waals surface area contributed by atoms with Crippen LogP contribution in [0.4, 0.5) is 4.39 Å². The molecule has 40 heavy (non-hydrogen) atoms. The Morgan fingerprint density at radius 2 is 1.75 bits per heavy atom. The Kier molecular flexibility index (Phi) is 7.65. The molecular weight excluding hydrogens is 511 g/mol. The number of carbonyl (C=O) groups excluding carboxylic acids is 1. The largest absolute Gasteiger partial charge is 0.490 e. The van der Waals surface area contributed by atoms with Gasteiger partial charge in [-0.25, -0.2) is 9.18 Å². The van der Waals surface area contributed by atoms with Crippen molar-refractivity contribution in [3.05, 3.63) is 131 Å². The number of benzene rings is 4. The molecule has 7 nitrogen and oxygen atoms in total. The summed E-state index contributed by atoms with van der Waals surface area (Å²) in [5.41, 5.74) is 9.03. The minimum Gasteiger partial charge on any atom is -0.490 e. The van der Waals surface area contributed by atoms with Crippen LogP contribution in [0.3, 0.4) is 0 Å². The molecular formula is C32H25FN2O5. The molecule has 1 atom stereocenters. The van der Waals surface area contributed by atoms with Gasteiger partial charge < -0.3 is 24.7 Å². The quantitative estimate of drug-likeness (QED) is 0.210. The first-order valence-corrected chi connectivity index (χ1v) is 12.6. The molecule has 1 aliphatic rings. The van der Waals surface area contributed by atoms with E-state index in [1.807, 2.05) is 19.1 Å². The second-order valence-electron chi connectivity index (χ2n) is 8.93. The van der Waals surface area contributed by atoms with Gasteiger partial charge in [0.25, 0.3) is 0 Å². The SMILES string of the molecule is CCOc1cc(C2C(C#N)=C(N)Oc3cc(OC(=O)c4ccccc4)ccc32)ccc1OCc1ccc(F)cc1. The fourth-order valence-electron chi connectivity index (χ4n) is 4.42. The maximum atomic E-state index is 13.3. The highest BCUT2D eigenvalue weighted by atomic mass is 19.1. The molecule has 0 aromatic heterocycles. The summed E-state index contributed by atoms with van der Waals surface area (Å²) >= 11 is 0. The summed E-state index contributed by atoms with van der Waals surface area (Å²) in [6.45, 7) is 2.47. The molecule has 1 heterocycles. The molecule has 0 saturated carbocycles. The molecule has 0 saturated heterocycles. The van der Waals surface area contributed by atoms with E-state index in [1.54, 1.807) is 66.7 Å². The second kappa shape index (κ2) is 11.6. The van der Waals surface area contributed by atoms with Gasteiger partial charge in [-0.2, -0.15) is 5.26 Å². The first-order valence-electron chi connectivity index (χ1n) is 12.6. The van der Waals surface area contributed by atoms with E-state index in [0.717, 1.165) is 11.1 Å². The minimum absolute atomic E-state index is 0.0406. The fourth-order valence-corrected chi connectivity index (χ4v) is 4.42. The predicted molar refractivity (Wildman–Crippen MR) is 145 cm³/mol. The number of hydrogen-bond acceptors (Lipinski definition) is 7. The molecule has 0 radical (unpaired) electrons. The zero-order valence-electron chi connectivity index (χ0n) is 21.6. The average molecular weight is 537 g/mol. The molecule has 2 N–H and O–H groups in total. The van der Waals surface area contributed by atoms with Gasteiger partial charge in [-0.05, 0) is 60.5 Å². The van der Waals surface area contributed by atoms with E-state index in [9.17, 15) is 14.4 Å². The topological polar surface area (TPSA) is 104 Å². The number of hydrogen-bond donors (Lipinski definition) is 1. The Labute approximate surface area is 230 Å². The smallest absolute Gasteiger partial charge is 0.343 e. The van der Waals surface area contributed by atoms with Gasteiger partial charge in [0.15, 0.2) is 11.5 Å². The monoisotopic (exact) mass is 536 g/mol. The lowest BCUT2D eigenvalue weighted by Crippen LogP contribution is -2.21. The molecule has 1 aliphatic heterocycles. The Hall–Kier alpha value is -5.29. The summed E-state index contributed by atoms with van der Waals surface area (Å²) in [7, 11) is 0. The molecule has 4 aromatic rings. The number of esters is 1. The lowest BCUT2D eigenvalue weighted by Gasteiger charge is -2.27. The van der Waals surface area contributed by atoms with Gasteiger partial charge in [-0.15, -0.1) is 0 Å². The van der Waals surface area contributed by atoms with Crippen LogP contribution in [0.25, 0.3) is 0 Å². The third kappa shape index (κ3) is 5.59. The molecule has 0 fully saturated rings. The van der Waals surface area contributed by atoms with Crippen LogP contribution in [0.1, 0.15) is 39.9 Å². The van der Waals surface area contributed by atoms with Crippen molar-refractivity contribution >= 4 is 5.97 Å². The molecule has 200 valence electrons. The summed E-state index contributed by atoms with van der Waals surface area (Å²) in [6, 6.07) is 27.2. The summed E-state index contributed by atoms with van der Waals surface area (Å²) < 4.78 is 36.4. The van der Waals surface area contributed by atoms with Gasteiger partial charge in [-0.3, -0.25) is 0 Å². The Balaban J connectivity index is 1.45. The molecule has 8 heteroatoms. The lowest BCUT2D eigenvalue weighted by molar-refractivity contribution is 0.0734. The van der Waals surface area contributed by atoms with E-state index in [4.69, 9.17) is 24.7 Å². The number of carbonyl (C=O) groups is 1. The van der Waals surface area contributed by atoms with Crippen molar-refractivity contribution in [3.8, 4) is 29.1 Å². The first kappa shape index (κ1) is 26.3. The molecule has 1 unspecified atom stereocenters. The molecule has 5 rings (SSSR count). The van der Waals surface area contributed by atoms with E-state index >= 15 is 0 Å². The first-order chi connectivity index (χ1) is 19.5. The van der Waals surface area contributed by atoms with Crippen molar-refractivity contribution in [2.24, 2.45) is 5.73 Å². The molecule has 0 bridgehead atoms. The summed E-state index contributed by atoms with van der Waals surface area (Å²) in [6.07, 6.45) is 0. The van der Waals surface area contributed by atoms with Crippen molar-refractivity contribution < 1.29 is 28.1 Å². The highest BCUT2D eigenvalue weighted by Crippen LogP contribution is 2.45. The zero-order chi connectivity index (χ0) is 28.1. The van der Waals surface area contributed by atoms with E-state index in [0.29, 0.717) is 35.0 Å².